The minimum Gasteiger partial charge on any atom is -0.310 e. The van der Waals surface area contributed by atoms with Crippen LogP contribution in [0, 0.1) is 0 Å². The molecule has 4 nitrogen and oxygen atoms in total. The normalized spacial score (nSPS) is 11.5. The number of para-hydroxylation sites is 4. The molecule has 0 saturated heterocycles. The average molecular weight is 971 g/mol. The molecule has 358 valence electrons. The van der Waals surface area contributed by atoms with Gasteiger partial charge in [0.25, 0.3) is 0 Å². The fourth-order valence-corrected chi connectivity index (χ4v) is 11.7. The molecule has 0 amide bonds. The third-order valence-corrected chi connectivity index (χ3v) is 15.2. The van der Waals surface area contributed by atoms with Crippen molar-refractivity contribution < 1.29 is 0 Å². The molecule has 0 aliphatic rings. The molecule has 12 aromatic carbocycles. The molecular formula is C72H50N4. The number of hydrogen-bond acceptors (Lipinski definition) is 2. The Morgan fingerprint density at radius 2 is 0.579 bits per heavy atom. The van der Waals surface area contributed by atoms with E-state index in [1.807, 2.05) is 12.2 Å². The first-order valence-corrected chi connectivity index (χ1v) is 25.9. The van der Waals surface area contributed by atoms with E-state index in [2.05, 4.69) is 299 Å². The molecule has 4 heteroatoms. The van der Waals surface area contributed by atoms with Gasteiger partial charge in [-0.2, -0.15) is 0 Å². The van der Waals surface area contributed by atoms with Gasteiger partial charge in [-0.1, -0.05) is 171 Å². The molecular weight excluding hydrogens is 921 g/mol. The van der Waals surface area contributed by atoms with Crippen LogP contribution in [0.5, 0.6) is 0 Å². The van der Waals surface area contributed by atoms with Crippen LogP contribution in [-0.2, 0) is 0 Å². The summed E-state index contributed by atoms with van der Waals surface area (Å²) >= 11 is 0. The van der Waals surface area contributed by atoms with Crippen LogP contribution in [0.4, 0.5) is 34.1 Å². The Morgan fingerprint density at radius 1 is 0.263 bits per heavy atom. The van der Waals surface area contributed by atoms with Crippen molar-refractivity contribution in [2.75, 3.05) is 9.80 Å². The lowest BCUT2D eigenvalue weighted by Gasteiger charge is -2.26. The highest BCUT2D eigenvalue weighted by atomic mass is 15.1. The molecule has 14 aromatic rings. The lowest BCUT2D eigenvalue weighted by molar-refractivity contribution is 1.18. The van der Waals surface area contributed by atoms with Crippen LogP contribution in [0.1, 0.15) is 11.1 Å². The second-order valence-corrected chi connectivity index (χ2v) is 19.4. The lowest BCUT2D eigenvalue weighted by Crippen LogP contribution is -2.10. The highest BCUT2D eigenvalue weighted by molar-refractivity contribution is 6.22. The summed E-state index contributed by atoms with van der Waals surface area (Å²) < 4.78 is 4.83. The Labute approximate surface area is 441 Å². The van der Waals surface area contributed by atoms with E-state index < -0.39 is 0 Å². The highest BCUT2D eigenvalue weighted by Crippen LogP contribution is 2.45. The fraction of sp³-hybridized carbons (Fsp3) is 0. The van der Waals surface area contributed by atoms with Crippen LogP contribution in [0.2, 0.25) is 0 Å². The maximum Gasteiger partial charge on any atom is 0.0619 e. The predicted octanol–water partition coefficient (Wildman–Crippen LogP) is 20.1. The van der Waals surface area contributed by atoms with Crippen LogP contribution >= 0.6 is 0 Å². The first kappa shape index (κ1) is 44.5. The van der Waals surface area contributed by atoms with Gasteiger partial charge in [0, 0.05) is 77.8 Å². The molecule has 0 atom stereocenters. The van der Waals surface area contributed by atoms with Gasteiger partial charge in [-0.15, -0.1) is 0 Å². The van der Waals surface area contributed by atoms with E-state index in [9.17, 15) is 0 Å². The third-order valence-electron chi connectivity index (χ3n) is 15.2. The summed E-state index contributed by atoms with van der Waals surface area (Å²) in [6, 6.07) is 96.5. The van der Waals surface area contributed by atoms with E-state index in [1.54, 1.807) is 0 Å². The zero-order chi connectivity index (χ0) is 50.7. The molecule has 2 heterocycles. The SMILES string of the molecule is C=Cc1cc2c3cc(N(c4ccccc4)c4ccc(-c5ccc(N(c6ccccc6)c6ccc7c(c6)c6cc(C=C)c8ccccc8c6n7-c6ccccc6)cc5)cc4)ccc3n(-c3ccccc3)c2c2ccccc12. The topological polar surface area (TPSA) is 16.3 Å². The minimum atomic E-state index is 1.07. The van der Waals surface area contributed by atoms with E-state index in [0.29, 0.717) is 0 Å². The van der Waals surface area contributed by atoms with Gasteiger partial charge in [-0.05, 0) is 154 Å². The van der Waals surface area contributed by atoms with Crippen LogP contribution < -0.4 is 9.80 Å². The van der Waals surface area contributed by atoms with E-state index in [-0.39, 0.29) is 0 Å². The number of anilines is 6. The number of hydrogen-bond donors (Lipinski definition) is 0. The third kappa shape index (κ3) is 7.30. The van der Waals surface area contributed by atoms with Gasteiger partial charge in [0.05, 0.1) is 22.1 Å². The Kier molecular flexibility index (Phi) is 10.8. The molecule has 0 fully saturated rings. The Hall–Kier alpha value is -10.2. The van der Waals surface area contributed by atoms with Crippen molar-refractivity contribution in [2.24, 2.45) is 0 Å². The van der Waals surface area contributed by atoms with Crippen LogP contribution in [0.15, 0.2) is 280 Å². The number of rotatable bonds is 11. The predicted molar refractivity (Wildman–Crippen MR) is 325 cm³/mol. The van der Waals surface area contributed by atoms with Crippen molar-refractivity contribution in [3.05, 3.63) is 291 Å². The van der Waals surface area contributed by atoms with Crippen LogP contribution in [0.3, 0.4) is 0 Å². The van der Waals surface area contributed by atoms with Gasteiger partial charge < -0.3 is 18.9 Å². The van der Waals surface area contributed by atoms with E-state index in [0.717, 1.165) is 78.8 Å². The lowest BCUT2D eigenvalue weighted by atomic mass is 9.99. The van der Waals surface area contributed by atoms with Gasteiger partial charge in [0.15, 0.2) is 0 Å². The van der Waals surface area contributed by atoms with E-state index >= 15 is 0 Å². The fourth-order valence-electron chi connectivity index (χ4n) is 11.7. The van der Waals surface area contributed by atoms with Crippen LogP contribution in [0.25, 0.3) is 99.8 Å². The Balaban J connectivity index is 0.853. The molecule has 0 unspecified atom stereocenters. The number of aromatic nitrogens is 2. The molecule has 76 heavy (non-hydrogen) atoms. The van der Waals surface area contributed by atoms with Crippen molar-refractivity contribution in [2.45, 2.75) is 0 Å². The minimum absolute atomic E-state index is 1.07. The molecule has 0 aliphatic carbocycles. The maximum absolute atomic E-state index is 4.24. The number of benzene rings is 12. The molecule has 0 aliphatic heterocycles. The molecule has 0 spiro atoms. The second-order valence-electron chi connectivity index (χ2n) is 19.4. The standard InChI is InChI=1S/C72H50N4/c1-3-49-45-67-65-47-59(41-43-69(65)75(55-25-13-7-14-26-55)71(67)63-31-19-17-29-61(49)63)73(53-21-9-5-10-22-53)57-37-33-51(34-38-57)52-35-39-58(40-36-52)74(54-23-11-6-12-24-54)60-42-44-70-66(48-60)68-46-50(4-2)62-30-18-20-32-64(62)72(68)76(70)56-27-15-8-16-28-56/h3-48H,1-2H2. The van der Waals surface area contributed by atoms with Crippen molar-refractivity contribution in [3.8, 4) is 22.5 Å². The molecule has 0 radical (unpaired) electrons. The van der Waals surface area contributed by atoms with Gasteiger partial charge in [0.2, 0.25) is 0 Å². The summed E-state index contributed by atoms with van der Waals surface area (Å²) in [6.07, 6.45) is 3.96. The first-order valence-electron chi connectivity index (χ1n) is 25.9. The van der Waals surface area contributed by atoms with Crippen molar-refractivity contribution >= 4 is 111 Å². The highest BCUT2D eigenvalue weighted by Gasteiger charge is 2.22. The number of fused-ring (bicyclic) bond motifs is 10. The summed E-state index contributed by atoms with van der Waals surface area (Å²) in [4.78, 5) is 4.72. The largest absolute Gasteiger partial charge is 0.310 e. The van der Waals surface area contributed by atoms with Crippen molar-refractivity contribution in [3.63, 3.8) is 0 Å². The zero-order valence-corrected chi connectivity index (χ0v) is 41.8. The monoisotopic (exact) mass is 970 g/mol. The molecule has 14 rings (SSSR count). The summed E-state index contributed by atoms with van der Waals surface area (Å²) in [5, 5.41) is 9.54. The molecule has 0 bridgehead atoms. The first-order chi connectivity index (χ1) is 37.6. The summed E-state index contributed by atoms with van der Waals surface area (Å²) in [5.41, 5.74) is 17.9. The van der Waals surface area contributed by atoms with Gasteiger partial charge in [-0.25, -0.2) is 0 Å². The van der Waals surface area contributed by atoms with E-state index in [4.69, 9.17) is 0 Å². The molecule has 0 saturated carbocycles. The Bertz CT molecular complexity index is 4220. The van der Waals surface area contributed by atoms with Crippen molar-refractivity contribution in [1.82, 2.24) is 9.13 Å². The second kappa shape index (κ2) is 18.4. The van der Waals surface area contributed by atoms with Crippen molar-refractivity contribution in [1.29, 1.82) is 0 Å². The zero-order valence-electron chi connectivity index (χ0n) is 41.8. The summed E-state index contributed by atoms with van der Waals surface area (Å²) in [7, 11) is 0. The van der Waals surface area contributed by atoms with Crippen LogP contribution in [-0.4, -0.2) is 9.13 Å². The van der Waals surface area contributed by atoms with Gasteiger partial charge in [0.1, 0.15) is 0 Å². The average Bonchev–Trinajstić information content (AvgIpc) is 4.17. The molecule has 2 aromatic heterocycles. The van der Waals surface area contributed by atoms with E-state index in [1.165, 1.54) is 54.1 Å². The van der Waals surface area contributed by atoms with Gasteiger partial charge >= 0.3 is 0 Å². The maximum atomic E-state index is 4.24. The quantitative estimate of drug-likeness (QED) is 0.128. The summed E-state index contributed by atoms with van der Waals surface area (Å²) in [5.74, 6) is 0. The summed E-state index contributed by atoms with van der Waals surface area (Å²) in [6.45, 7) is 8.48. The molecule has 0 N–H and O–H groups in total. The smallest absolute Gasteiger partial charge is 0.0619 e. The van der Waals surface area contributed by atoms with Gasteiger partial charge in [-0.3, -0.25) is 0 Å². The number of nitrogens with zero attached hydrogens (tertiary/aromatic N) is 4. The Morgan fingerprint density at radius 3 is 0.947 bits per heavy atom.